The first-order valence-corrected chi connectivity index (χ1v) is 9.52. The molecule has 2 amide bonds. The summed E-state index contributed by atoms with van der Waals surface area (Å²) < 4.78 is 6.28. The van der Waals surface area contributed by atoms with E-state index in [0.29, 0.717) is 11.6 Å². The third kappa shape index (κ3) is 5.13. The molecule has 1 aliphatic heterocycles. The lowest BCUT2D eigenvalue weighted by Gasteiger charge is -2.37. The fourth-order valence-corrected chi connectivity index (χ4v) is 3.40. The summed E-state index contributed by atoms with van der Waals surface area (Å²) in [4.78, 5) is 31.6. The van der Waals surface area contributed by atoms with Crippen molar-refractivity contribution < 1.29 is 14.3 Å². The molecule has 1 fully saturated rings. The highest BCUT2D eigenvalue weighted by Gasteiger charge is 2.32. The fourth-order valence-electron chi connectivity index (χ4n) is 3.40. The second-order valence-electron chi connectivity index (χ2n) is 7.44. The van der Waals surface area contributed by atoms with Gasteiger partial charge < -0.3 is 15.4 Å². The van der Waals surface area contributed by atoms with Gasteiger partial charge in [0, 0.05) is 31.0 Å². The molecule has 1 aromatic carbocycles. The number of carbonyl (C=O) groups is 2. The minimum atomic E-state index is -0.305. The van der Waals surface area contributed by atoms with Gasteiger partial charge in [0.25, 0.3) is 5.91 Å². The number of hydrogen-bond acceptors (Lipinski definition) is 5. The highest BCUT2D eigenvalue weighted by Crippen LogP contribution is 2.34. The number of rotatable bonds is 5. The van der Waals surface area contributed by atoms with Crippen molar-refractivity contribution in [2.45, 2.75) is 51.9 Å². The summed E-state index contributed by atoms with van der Waals surface area (Å²) in [7, 11) is 0. The van der Waals surface area contributed by atoms with E-state index in [4.69, 9.17) is 4.74 Å². The van der Waals surface area contributed by atoms with Crippen LogP contribution in [0.25, 0.3) is 0 Å². The van der Waals surface area contributed by atoms with E-state index in [1.165, 1.54) is 18.6 Å². The largest absolute Gasteiger partial charge is 0.370 e. The molecule has 0 radical (unpaired) electrons. The predicted molar refractivity (Wildman–Crippen MR) is 106 cm³/mol. The van der Waals surface area contributed by atoms with Crippen LogP contribution in [0.3, 0.4) is 0 Å². The second kappa shape index (κ2) is 8.93. The minimum Gasteiger partial charge on any atom is -0.370 e. The number of nitrogens with zero attached hydrogens (tertiary/aromatic N) is 2. The van der Waals surface area contributed by atoms with Crippen molar-refractivity contribution in [3.63, 3.8) is 0 Å². The van der Waals surface area contributed by atoms with Gasteiger partial charge in [0.05, 0.1) is 18.4 Å². The van der Waals surface area contributed by atoms with E-state index >= 15 is 0 Å². The molecule has 1 saturated heterocycles. The first-order chi connectivity index (χ1) is 13.4. The molecule has 7 heteroatoms. The predicted octanol–water partition coefficient (Wildman–Crippen LogP) is 3.11. The van der Waals surface area contributed by atoms with E-state index in [9.17, 15) is 9.59 Å². The van der Waals surface area contributed by atoms with Gasteiger partial charge in [-0.15, -0.1) is 0 Å². The molecule has 0 aliphatic carbocycles. The van der Waals surface area contributed by atoms with Crippen molar-refractivity contribution in [1.29, 1.82) is 0 Å². The Bertz CT molecular complexity index is 808. The number of ether oxygens (including phenoxy) is 1. The SMILES string of the molecule is CC(=O)N[C@H]1C[C@@H](c2ccc(NC(=O)c3cnccn3)cc2)O[C@@H](C(C)C)C1. The summed E-state index contributed by atoms with van der Waals surface area (Å²) in [6, 6.07) is 7.69. The normalized spacial score (nSPS) is 21.9. The van der Waals surface area contributed by atoms with Crippen molar-refractivity contribution >= 4 is 17.5 Å². The van der Waals surface area contributed by atoms with E-state index in [2.05, 4.69) is 34.4 Å². The Hall–Kier alpha value is -2.80. The standard InChI is InChI=1S/C21H26N4O3/c1-13(2)19-10-17(24-14(3)26)11-20(28-19)15-4-6-16(7-5-15)25-21(27)18-12-22-8-9-23-18/h4-9,12-13,17,19-20H,10-11H2,1-3H3,(H,24,26)(H,25,27)/t17-,19-,20+/m1/s1. The average Bonchev–Trinajstić information content (AvgIpc) is 2.68. The molecule has 0 bridgehead atoms. The van der Waals surface area contributed by atoms with E-state index in [0.717, 1.165) is 18.4 Å². The Morgan fingerprint density at radius 1 is 1.14 bits per heavy atom. The Labute approximate surface area is 164 Å². The van der Waals surface area contributed by atoms with Crippen LogP contribution in [0.4, 0.5) is 5.69 Å². The first-order valence-electron chi connectivity index (χ1n) is 9.52. The molecule has 2 N–H and O–H groups in total. The summed E-state index contributed by atoms with van der Waals surface area (Å²) in [5, 5.41) is 5.84. The molecule has 28 heavy (non-hydrogen) atoms. The van der Waals surface area contributed by atoms with Crippen molar-refractivity contribution in [1.82, 2.24) is 15.3 Å². The van der Waals surface area contributed by atoms with Gasteiger partial charge in [-0.05, 0) is 36.5 Å². The van der Waals surface area contributed by atoms with Gasteiger partial charge in [-0.25, -0.2) is 4.98 Å². The number of hydrogen-bond donors (Lipinski definition) is 2. The van der Waals surface area contributed by atoms with Crippen molar-refractivity contribution in [3.05, 3.63) is 54.1 Å². The van der Waals surface area contributed by atoms with Gasteiger partial charge in [0.15, 0.2) is 0 Å². The molecule has 148 valence electrons. The van der Waals surface area contributed by atoms with E-state index in [1.54, 1.807) is 6.92 Å². The zero-order valence-corrected chi connectivity index (χ0v) is 16.4. The van der Waals surface area contributed by atoms with Crippen LogP contribution in [0.15, 0.2) is 42.9 Å². The number of amides is 2. The van der Waals surface area contributed by atoms with Gasteiger partial charge in [0.1, 0.15) is 5.69 Å². The molecule has 2 aromatic rings. The van der Waals surface area contributed by atoms with Gasteiger partial charge >= 0.3 is 0 Å². The summed E-state index contributed by atoms with van der Waals surface area (Å²) >= 11 is 0. The average molecular weight is 382 g/mol. The van der Waals surface area contributed by atoms with Crippen LogP contribution in [-0.2, 0) is 9.53 Å². The zero-order valence-electron chi connectivity index (χ0n) is 16.4. The maximum atomic E-state index is 12.2. The minimum absolute atomic E-state index is 0.0183. The van der Waals surface area contributed by atoms with Crippen LogP contribution < -0.4 is 10.6 Å². The van der Waals surface area contributed by atoms with Crippen LogP contribution >= 0.6 is 0 Å². The van der Waals surface area contributed by atoms with Crippen LogP contribution in [0, 0.1) is 5.92 Å². The number of aromatic nitrogens is 2. The smallest absolute Gasteiger partial charge is 0.275 e. The van der Waals surface area contributed by atoms with E-state index in [-0.39, 0.29) is 35.8 Å². The van der Waals surface area contributed by atoms with E-state index in [1.807, 2.05) is 24.3 Å². The van der Waals surface area contributed by atoms with Crippen LogP contribution in [0.2, 0.25) is 0 Å². The Kier molecular flexibility index (Phi) is 6.36. The second-order valence-corrected chi connectivity index (χ2v) is 7.44. The van der Waals surface area contributed by atoms with Crippen LogP contribution in [0.1, 0.15) is 55.8 Å². The Balaban J connectivity index is 1.69. The zero-order chi connectivity index (χ0) is 20.1. The Morgan fingerprint density at radius 2 is 1.89 bits per heavy atom. The molecule has 1 aliphatic rings. The van der Waals surface area contributed by atoms with E-state index < -0.39 is 0 Å². The fraction of sp³-hybridized carbons (Fsp3) is 0.429. The van der Waals surface area contributed by atoms with Crippen LogP contribution in [0.5, 0.6) is 0 Å². The maximum Gasteiger partial charge on any atom is 0.275 e. The number of carbonyl (C=O) groups excluding carboxylic acids is 2. The van der Waals surface area contributed by atoms with Crippen LogP contribution in [-0.4, -0.2) is 33.9 Å². The summed E-state index contributed by atoms with van der Waals surface area (Å²) in [6.07, 6.45) is 5.97. The summed E-state index contributed by atoms with van der Waals surface area (Å²) in [5.74, 6) is 0.0418. The third-order valence-corrected chi connectivity index (χ3v) is 4.84. The first kappa shape index (κ1) is 19.9. The molecule has 1 aromatic heterocycles. The van der Waals surface area contributed by atoms with Gasteiger partial charge in [-0.3, -0.25) is 14.6 Å². The molecule has 0 unspecified atom stereocenters. The summed E-state index contributed by atoms with van der Waals surface area (Å²) in [5.41, 5.74) is 1.97. The lowest BCUT2D eigenvalue weighted by molar-refractivity contribution is -0.123. The molecule has 2 heterocycles. The van der Waals surface area contributed by atoms with Gasteiger partial charge in [0.2, 0.25) is 5.91 Å². The quantitative estimate of drug-likeness (QED) is 0.829. The van der Waals surface area contributed by atoms with Gasteiger partial charge in [-0.2, -0.15) is 0 Å². The highest BCUT2D eigenvalue weighted by atomic mass is 16.5. The lowest BCUT2D eigenvalue weighted by Crippen LogP contribution is -2.43. The molecular formula is C21H26N4O3. The topological polar surface area (TPSA) is 93.2 Å². The number of anilines is 1. The molecule has 0 spiro atoms. The lowest BCUT2D eigenvalue weighted by atomic mass is 9.90. The molecular weight excluding hydrogens is 356 g/mol. The van der Waals surface area contributed by atoms with Crippen molar-refractivity contribution in [2.75, 3.05) is 5.32 Å². The van der Waals surface area contributed by atoms with Crippen molar-refractivity contribution in [3.8, 4) is 0 Å². The maximum absolute atomic E-state index is 12.2. The molecule has 7 nitrogen and oxygen atoms in total. The Morgan fingerprint density at radius 3 is 2.50 bits per heavy atom. The monoisotopic (exact) mass is 382 g/mol. The molecule has 0 saturated carbocycles. The number of benzene rings is 1. The van der Waals surface area contributed by atoms with Crippen molar-refractivity contribution in [2.24, 2.45) is 5.92 Å². The van der Waals surface area contributed by atoms with Gasteiger partial charge in [-0.1, -0.05) is 26.0 Å². The summed E-state index contributed by atoms with van der Waals surface area (Å²) in [6.45, 7) is 5.80. The third-order valence-electron chi connectivity index (χ3n) is 4.84. The molecule has 3 rings (SSSR count). The number of nitrogens with one attached hydrogen (secondary N) is 2. The highest BCUT2D eigenvalue weighted by molar-refractivity contribution is 6.02. The molecule has 3 atom stereocenters.